The molecule has 0 aromatic carbocycles. The van der Waals surface area contributed by atoms with Crippen LogP contribution in [0.4, 0.5) is 0 Å². The lowest BCUT2D eigenvalue weighted by atomic mass is 10.3. The van der Waals surface area contributed by atoms with Crippen molar-refractivity contribution in [2.45, 2.75) is 6.42 Å². The van der Waals surface area contributed by atoms with E-state index in [1.807, 2.05) is 5.38 Å². The minimum absolute atomic E-state index is 0.0178. The molecular formula is C14H22N4O2S. The highest BCUT2D eigenvalue weighted by Crippen LogP contribution is 2.04. The van der Waals surface area contributed by atoms with E-state index in [9.17, 15) is 9.59 Å². The molecule has 6 nitrogen and oxygen atoms in total. The molecule has 3 N–H and O–H groups in total. The van der Waals surface area contributed by atoms with E-state index in [2.05, 4.69) is 20.9 Å². The summed E-state index contributed by atoms with van der Waals surface area (Å²) in [7, 11) is 0. The highest BCUT2D eigenvalue weighted by atomic mass is 32.1. The van der Waals surface area contributed by atoms with E-state index in [0.29, 0.717) is 25.1 Å². The van der Waals surface area contributed by atoms with E-state index in [-0.39, 0.29) is 11.8 Å². The second-order valence-corrected chi connectivity index (χ2v) is 5.74. The van der Waals surface area contributed by atoms with Crippen LogP contribution in [0.2, 0.25) is 0 Å². The number of rotatable bonds is 7. The van der Waals surface area contributed by atoms with Gasteiger partial charge >= 0.3 is 0 Å². The highest BCUT2D eigenvalue weighted by Gasteiger charge is 2.10. The molecule has 0 spiro atoms. The molecule has 0 radical (unpaired) electrons. The molecule has 1 aliphatic rings. The fourth-order valence-corrected chi connectivity index (χ4v) is 2.80. The van der Waals surface area contributed by atoms with Gasteiger partial charge in [-0.2, -0.15) is 11.3 Å². The van der Waals surface area contributed by atoms with Gasteiger partial charge in [0.2, 0.25) is 5.91 Å². The Labute approximate surface area is 128 Å². The Morgan fingerprint density at radius 1 is 1.24 bits per heavy atom. The van der Waals surface area contributed by atoms with Gasteiger partial charge in [0.1, 0.15) is 0 Å². The Morgan fingerprint density at radius 2 is 2.05 bits per heavy atom. The van der Waals surface area contributed by atoms with Crippen LogP contribution in [0.5, 0.6) is 0 Å². The Bertz CT molecular complexity index is 444. The standard InChI is InChI=1S/C14H22N4O2S/c19-13(16-6-9-18-7-4-15-5-8-18)1-3-17-14(20)12-2-10-21-11-12/h2,10-11,15H,1,3-9H2,(H,16,19)(H,17,20). The smallest absolute Gasteiger partial charge is 0.252 e. The minimum atomic E-state index is -0.120. The van der Waals surface area contributed by atoms with Crippen LogP contribution in [0.15, 0.2) is 16.8 Å². The number of carbonyl (C=O) groups excluding carboxylic acids is 2. The number of carbonyl (C=O) groups is 2. The second-order valence-electron chi connectivity index (χ2n) is 4.96. The molecule has 2 amide bonds. The Morgan fingerprint density at radius 3 is 2.76 bits per heavy atom. The topological polar surface area (TPSA) is 73.5 Å². The molecule has 21 heavy (non-hydrogen) atoms. The van der Waals surface area contributed by atoms with Gasteiger partial charge in [0, 0.05) is 63.2 Å². The lowest BCUT2D eigenvalue weighted by Gasteiger charge is -2.27. The van der Waals surface area contributed by atoms with Crippen LogP contribution in [-0.2, 0) is 4.79 Å². The van der Waals surface area contributed by atoms with E-state index < -0.39 is 0 Å². The van der Waals surface area contributed by atoms with Gasteiger partial charge in [0.05, 0.1) is 0 Å². The molecular weight excluding hydrogens is 288 g/mol. The van der Waals surface area contributed by atoms with E-state index in [1.54, 1.807) is 11.4 Å². The molecule has 0 unspecified atom stereocenters. The third-order valence-electron chi connectivity index (χ3n) is 3.38. The zero-order valence-electron chi connectivity index (χ0n) is 12.1. The molecule has 7 heteroatoms. The first kappa shape index (κ1) is 15.9. The molecule has 1 aromatic heterocycles. The summed E-state index contributed by atoms with van der Waals surface area (Å²) in [6.07, 6.45) is 0.317. The van der Waals surface area contributed by atoms with Crippen LogP contribution in [0.3, 0.4) is 0 Å². The first-order valence-electron chi connectivity index (χ1n) is 7.26. The second kappa shape index (κ2) is 8.76. The van der Waals surface area contributed by atoms with Crippen LogP contribution in [0, 0.1) is 0 Å². The molecule has 0 saturated carbocycles. The van der Waals surface area contributed by atoms with Crippen molar-refractivity contribution in [3.63, 3.8) is 0 Å². The molecule has 0 bridgehead atoms. The minimum Gasteiger partial charge on any atom is -0.355 e. The SMILES string of the molecule is O=C(CCNC(=O)c1ccsc1)NCCN1CCNCC1. The van der Waals surface area contributed by atoms with Crippen molar-refractivity contribution >= 4 is 23.2 Å². The lowest BCUT2D eigenvalue weighted by molar-refractivity contribution is -0.121. The maximum atomic E-state index is 11.7. The summed E-state index contributed by atoms with van der Waals surface area (Å²) in [5, 5.41) is 12.6. The molecule has 116 valence electrons. The molecule has 1 aliphatic heterocycles. The van der Waals surface area contributed by atoms with Gasteiger partial charge in [-0.25, -0.2) is 0 Å². The predicted molar refractivity (Wildman–Crippen MR) is 83.6 cm³/mol. The van der Waals surface area contributed by atoms with Crippen LogP contribution >= 0.6 is 11.3 Å². The molecule has 0 aliphatic carbocycles. The highest BCUT2D eigenvalue weighted by molar-refractivity contribution is 7.08. The van der Waals surface area contributed by atoms with Crippen molar-refractivity contribution < 1.29 is 9.59 Å². The van der Waals surface area contributed by atoms with Gasteiger partial charge in [-0.3, -0.25) is 14.5 Å². The van der Waals surface area contributed by atoms with Crippen molar-refractivity contribution in [3.05, 3.63) is 22.4 Å². The summed E-state index contributed by atoms with van der Waals surface area (Å²) in [5.41, 5.74) is 0.652. The molecule has 2 rings (SSSR count). The number of piperazine rings is 1. The quantitative estimate of drug-likeness (QED) is 0.657. The zero-order valence-corrected chi connectivity index (χ0v) is 12.9. The number of hydrogen-bond acceptors (Lipinski definition) is 5. The summed E-state index contributed by atoms with van der Waals surface area (Å²) < 4.78 is 0. The molecule has 2 heterocycles. The fraction of sp³-hybridized carbons (Fsp3) is 0.571. The molecule has 1 aromatic rings. The monoisotopic (exact) mass is 310 g/mol. The van der Waals surface area contributed by atoms with Crippen molar-refractivity contribution in [1.82, 2.24) is 20.9 Å². The molecule has 0 atom stereocenters. The average Bonchev–Trinajstić information content (AvgIpc) is 3.02. The summed E-state index contributed by atoms with van der Waals surface area (Å²) in [5.74, 6) is -0.138. The van der Waals surface area contributed by atoms with Gasteiger partial charge < -0.3 is 16.0 Å². The summed E-state index contributed by atoms with van der Waals surface area (Å²) in [6, 6.07) is 1.77. The lowest BCUT2D eigenvalue weighted by Crippen LogP contribution is -2.46. The zero-order chi connectivity index (χ0) is 14.9. The van der Waals surface area contributed by atoms with Crippen molar-refractivity contribution in [2.24, 2.45) is 0 Å². The summed E-state index contributed by atoms with van der Waals surface area (Å²) >= 11 is 1.48. The third-order valence-corrected chi connectivity index (χ3v) is 4.06. The first-order chi connectivity index (χ1) is 10.3. The van der Waals surface area contributed by atoms with Gasteiger partial charge in [0.15, 0.2) is 0 Å². The van der Waals surface area contributed by atoms with Crippen molar-refractivity contribution in [3.8, 4) is 0 Å². The Hall–Kier alpha value is -1.44. The number of nitrogens with zero attached hydrogens (tertiary/aromatic N) is 1. The predicted octanol–water partition coefficient (Wildman–Crippen LogP) is -0.111. The molecule has 1 fully saturated rings. The number of thiophene rings is 1. The number of nitrogens with one attached hydrogen (secondary N) is 3. The van der Waals surface area contributed by atoms with Gasteiger partial charge in [-0.15, -0.1) is 0 Å². The van der Waals surface area contributed by atoms with E-state index >= 15 is 0 Å². The number of amides is 2. The Balaban J connectivity index is 1.52. The maximum absolute atomic E-state index is 11.7. The third kappa shape index (κ3) is 5.82. The van der Waals surface area contributed by atoms with E-state index in [4.69, 9.17) is 0 Å². The average molecular weight is 310 g/mol. The van der Waals surface area contributed by atoms with Crippen LogP contribution in [0.1, 0.15) is 16.8 Å². The van der Waals surface area contributed by atoms with E-state index in [0.717, 1.165) is 32.7 Å². The fourth-order valence-electron chi connectivity index (χ4n) is 2.16. The first-order valence-corrected chi connectivity index (χ1v) is 8.20. The maximum Gasteiger partial charge on any atom is 0.252 e. The van der Waals surface area contributed by atoms with E-state index in [1.165, 1.54) is 11.3 Å². The van der Waals surface area contributed by atoms with Gasteiger partial charge in [-0.1, -0.05) is 0 Å². The summed E-state index contributed by atoms with van der Waals surface area (Å²) in [4.78, 5) is 25.6. The van der Waals surface area contributed by atoms with Crippen LogP contribution in [0.25, 0.3) is 0 Å². The van der Waals surface area contributed by atoms with Gasteiger partial charge in [0.25, 0.3) is 5.91 Å². The van der Waals surface area contributed by atoms with Crippen molar-refractivity contribution in [1.29, 1.82) is 0 Å². The van der Waals surface area contributed by atoms with Crippen LogP contribution < -0.4 is 16.0 Å². The normalized spacial score (nSPS) is 15.6. The summed E-state index contributed by atoms with van der Waals surface area (Å²) in [6.45, 7) is 6.02. The van der Waals surface area contributed by atoms with Crippen LogP contribution in [-0.4, -0.2) is 62.5 Å². The molecule has 1 saturated heterocycles. The largest absolute Gasteiger partial charge is 0.355 e. The Kier molecular flexibility index (Phi) is 6.65. The number of hydrogen-bond donors (Lipinski definition) is 3. The van der Waals surface area contributed by atoms with Gasteiger partial charge in [-0.05, 0) is 11.4 Å². The van der Waals surface area contributed by atoms with Crippen molar-refractivity contribution in [2.75, 3.05) is 45.8 Å².